The Morgan fingerprint density at radius 2 is 1.76 bits per heavy atom. The average Bonchev–Trinajstić information content (AvgIpc) is 2.42. The van der Waals surface area contributed by atoms with Crippen molar-refractivity contribution in [1.82, 2.24) is 5.32 Å². The fraction of sp³-hybridized carbons (Fsp3) is 0.529. The molecule has 4 nitrogen and oxygen atoms in total. The number of aliphatic carboxylic acids is 1. The van der Waals surface area contributed by atoms with E-state index in [4.69, 9.17) is 5.11 Å². The number of carboxylic acid groups (broad SMARTS) is 1. The third-order valence-electron chi connectivity index (χ3n) is 3.59. The number of carbonyl (C=O) groups is 2. The van der Waals surface area contributed by atoms with E-state index in [-0.39, 0.29) is 30.1 Å². The first-order chi connectivity index (χ1) is 9.90. The molecule has 0 bridgehead atoms. The molecule has 0 spiro atoms. The second-order valence-corrected chi connectivity index (χ2v) is 5.99. The van der Waals surface area contributed by atoms with Crippen LogP contribution in [0, 0.1) is 17.8 Å². The second-order valence-electron chi connectivity index (χ2n) is 5.99. The minimum absolute atomic E-state index is 0.00564. The maximum Gasteiger partial charge on any atom is 0.303 e. The van der Waals surface area contributed by atoms with Crippen LogP contribution in [0.5, 0.6) is 0 Å². The zero-order valence-corrected chi connectivity index (χ0v) is 13.0. The van der Waals surface area contributed by atoms with Gasteiger partial charge in [-0.2, -0.15) is 0 Å². The van der Waals surface area contributed by atoms with Gasteiger partial charge in [0.1, 0.15) is 0 Å². The highest BCUT2D eigenvalue weighted by molar-refractivity contribution is 5.79. The molecule has 0 aliphatic carbocycles. The van der Waals surface area contributed by atoms with Crippen LogP contribution in [0.4, 0.5) is 0 Å². The molecule has 2 unspecified atom stereocenters. The Hall–Kier alpha value is -1.84. The maximum absolute atomic E-state index is 12.3. The number of carbonyl (C=O) groups excluding carboxylic acids is 1. The van der Waals surface area contributed by atoms with Crippen molar-refractivity contribution in [1.29, 1.82) is 0 Å². The van der Waals surface area contributed by atoms with Gasteiger partial charge in [-0.1, -0.05) is 51.1 Å². The van der Waals surface area contributed by atoms with Crippen LogP contribution in [0.2, 0.25) is 0 Å². The Morgan fingerprint density at radius 1 is 1.14 bits per heavy atom. The van der Waals surface area contributed by atoms with Gasteiger partial charge in [0.25, 0.3) is 0 Å². The molecular weight excluding hydrogens is 266 g/mol. The molecule has 1 aromatic rings. The van der Waals surface area contributed by atoms with Crippen molar-refractivity contribution >= 4 is 11.9 Å². The van der Waals surface area contributed by atoms with E-state index < -0.39 is 5.97 Å². The van der Waals surface area contributed by atoms with Crippen molar-refractivity contribution < 1.29 is 14.7 Å². The summed E-state index contributed by atoms with van der Waals surface area (Å²) in [5, 5.41) is 11.6. The number of rotatable bonds is 8. The van der Waals surface area contributed by atoms with Crippen LogP contribution in [0.25, 0.3) is 0 Å². The number of hydrogen-bond donors (Lipinski definition) is 2. The molecular formula is C17H25NO3. The van der Waals surface area contributed by atoms with Gasteiger partial charge in [-0.3, -0.25) is 9.59 Å². The molecule has 0 aliphatic heterocycles. The van der Waals surface area contributed by atoms with Gasteiger partial charge < -0.3 is 10.4 Å². The smallest absolute Gasteiger partial charge is 0.303 e. The van der Waals surface area contributed by atoms with Crippen molar-refractivity contribution in [3.63, 3.8) is 0 Å². The number of carboxylic acids is 1. The summed E-state index contributed by atoms with van der Waals surface area (Å²) in [4.78, 5) is 22.9. The van der Waals surface area contributed by atoms with Crippen LogP contribution in [-0.4, -0.2) is 23.5 Å². The summed E-state index contributed by atoms with van der Waals surface area (Å²) in [6.07, 6.45) is 0.781. The normalized spacial score (nSPS) is 13.7. The van der Waals surface area contributed by atoms with Gasteiger partial charge in [0.2, 0.25) is 5.91 Å². The third-order valence-corrected chi connectivity index (χ3v) is 3.59. The largest absolute Gasteiger partial charge is 0.481 e. The molecule has 0 aliphatic rings. The molecule has 4 heteroatoms. The van der Waals surface area contributed by atoms with Gasteiger partial charge in [0.05, 0.1) is 0 Å². The molecule has 0 saturated carbocycles. The molecule has 21 heavy (non-hydrogen) atoms. The Bertz CT molecular complexity index is 456. The Balaban J connectivity index is 2.56. The number of hydrogen-bond acceptors (Lipinski definition) is 2. The molecule has 2 atom stereocenters. The lowest BCUT2D eigenvalue weighted by Crippen LogP contribution is -2.37. The van der Waals surface area contributed by atoms with Crippen molar-refractivity contribution in [3.8, 4) is 0 Å². The van der Waals surface area contributed by atoms with Crippen LogP contribution in [-0.2, 0) is 16.0 Å². The van der Waals surface area contributed by atoms with E-state index in [2.05, 4.69) is 5.32 Å². The predicted molar refractivity (Wildman–Crippen MR) is 82.9 cm³/mol. The highest BCUT2D eigenvalue weighted by atomic mass is 16.4. The summed E-state index contributed by atoms with van der Waals surface area (Å²) in [6, 6.07) is 9.95. The summed E-state index contributed by atoms with van der Waals surface area (Å²) in [5.41, 5.74) is 1.14. The van der Waals surface area contributed by atoms with E-state index in [1.807, 2.05) is 51.1 Å². The maximum atomic E-state index is 12.3. The molecule has 0 aromatic heterocycles. The van der Waals surface area contributed by atoms with Crippen LogP contribution in [0.1, 0.15) is 32.8 Å². The first kappa shape index (κ1) is 17.2. The lowest BCUT2D eigenvalue weighted by molar-refractivity contribution is -0.138. The number of nitrogens with one attached hydrogen (secondary N) is 1. The van der Waals surface area contributed by atoms with E-state index in [1.54, 1.807) is 0 Å². The van der Waals surface area contributed by atoms with E-state index in [9.17, 15) is 9.59 Å². The summed E-state index contributed by atoms with van der Waals surface area (Å²) in [6.45, 7) is 6.31. The second kappa shape index (κ2) is 8.45. The van der Waals surface area contributed by atoms with Gasteiger partial charge >= 0.3 is 5.97 Å². The molecule has 0 saturated heterocycles. The molecule has 2 N–H and O–H groups in total. The standard InChI is InChI=1S/C17H25NO3/c1-12(2)15(10-14-7-5-4-6-8-14)17(21)18-11-13(3)9-16(19)20/h4-8,12-13,15H,9-11H2,1-3H3,(H,18,21)(H,19,20). The van der Waals surface area contributed by atoms with Crippen LogP contribution < -0.4 is 5.32 Å². The first-order valence-corrected chi connectivity index (χ1v) is 7.43. The molecule has 0 heterocycles. The van der Waals surface area contributed by atoms with Crippen molar-refractivity contribution in [2.24, 2.45) is 17.8 Å². The van der Waals surface area contributed by atoms with E-state index >= 15 is 0 Å². The summed E-state index contributed by atoms with van der Waals surface area (Å²) >= 11 is 0. The minimum Gasteiger partial charge on any atom is -0.481 e. The van der Waals surface area contributed by atoms with Gasteiger partial charge in [-0.05, 0) is 23.8 Å². The summed E-state index contributed by atoms with van der Waals surface area (Å²) in [5.74, 6) is -0.743. The number of benzene rings is 1. The minimum atomic E-state index is -0.832. The van der Waals surface area contributed by atoms with Crippen molar-refractivity contribution in [2.75, 3.05) is 6.54 Å². The Kier molecular flexibility index (Phi) is 6.92. The fourth-order valence-corrected chi connectivity index (χ4v) is 2.28. The van der Waals surface area contributed by atoms with Gasteiger partial charge in [0.15, 0.2) is 0 Å². The molecule has 1 rings (SSSR count). The SMILES string of the molecule is CC(CNC(=O)C(Cc1ccccc1)C(C)C)CC(=O)O. The molecule has 0 radical (unpaired) electrons. The van der Waals surface area contributed by atoms with Crippen LogP contribution in [0.15, 0.2) is 30.3 Å². The first-order valence-electron chi connectivity index (χ1n) is 7.43. The summed E-state index contributed by atoms with van der Waals surface area (Å²) < 4.78 is 0. The quantitative estimate of drug-likeness (QED) is 0.774. The zero-order chi connectivity index (χ0) is 15.8. The summed E-state index contributed by atoms with van der Waals surface area (Å²) in [7, 11) is 0. The lowest BCUT2D eigenvalue weighted by Gasteiger charge is -2.21. The topological polar surface area (TPSA) is 66.4 Å². The molecule has 1 amide bonds. The monoisotopic (exact) mass is 291 g/mol. The van der Waals surface area contributed by atoms with Crippen molar-refractivity contribution in [3.05, 3.63) is 35.9 Å². The zero-order valence-electron chi connectivity index (χ0n) is 13.0. The van der Waals surface area contributed by atoms with E-state index in [0.29, 0.717) is 13.0 Å². The predicted octanol–water partition coefficient (Wildman–Crippen LogP) is 2.73. The fourth-order valence-electron chi connectivity index (χ4n) is 2.28. The molecule has 0 fully saturated rings. The Labute approximate surface area is 126 Å². The van der Waals surface area contributed by atoms with Crippen molar-refractivity contribution in [2.45, 2.75) is 33.6 Å². The van der Waals surface area contributed by atoms with Crippen LogP contribution >= 0.6 is 0 Å². The average molecular weight is 291 g/mol. The van der Waals surface area contributed by atoms with E-state index in [1.165, 1.54) is 0 Å². The van der Waals surface area contributed by atoms with E-state index in [0.717, 1.165) is 5.56 Å². The highest BCUT2D eigenvalue weighted by Crippen LogP contribution is 2.17. The Morgan fingerprint density at radius 3 is 2.29 bits per heavy atom. The van der Waals surface area contributed by atoms with Gasteiger partial charge in [0, 0.05) is 18.9 Å². The van der Waals surface area contributed by atoms with Gasteiger partial charge in [-0.15, -0.1) is 0 Å². The highest BCUT2D eigenvalue weighted by Gasteiger charge is 2.22. The van der Waals surface area contributed by atoms with Gasteiger partial charge in [-0.25, -0.2) is 0 Å². The third kappa shape index (κ3) is 6.43. The molecule has 1 aromatic carbocycles. The lowest BCUT2D eigenvalue weighted by atomic mass is 9.88. The molecule has 116 valence electrons. The van der Waals surface area contributed by atoms with Crippen LogP contribution in [0.3, 0.4) is 0 Å². The number of amides is 1.